The molecule has 0 aliphatic rings. The summed E-state index contributed by atoms with van der Waals surface area (Å²) in [4.78, 5) is 10.3. The van der Waals surface area contributed by atoms with Gasteiger partial charge in [-0.05, 0) is 32.1 Å². The summed E-state index contributed by atoms with van der Waals surface area (Å²) in [7, 11) is 0. The van der Waals surface area contributed by atoms with Gasteiger partial charge in [-0.15, -0.1) is 0 Å². The third-order valence-corrected chi connectivity index (χ3v) is 3.62. The van der Waals surface area contributed by atoms with Crippen molar-refractivity contribution >= 4 is 5.97 Å². The largest absolute Gasteiger partial charge is 0.481 e. The summed E-state index contributed by atoms with van der Waals surface area (Å²) in [6, 6.07) is 0. The summed E-state index contributed by atoms with van der Waals surface area (Å²) in [5.41, 5.74) is 0. The number of allylic oxidation sites excluding steroid dienone is 4. The average Bonchev–Trinajstić information content (AvgIpc) is 2.46. The van der Waals surface area contributed by atoms with Crippen LogP contribution in [0.15, 0.2) is 24.3 Å². The molecule has 1 N–H and O–H groups in total. The predicted molar refractivity (Wildman–Crippen MR) is 91.6 cm³/mol. The van der Waals surface area contributed by atoms with E-state index in [0.717, 1.165) is 19.3 Å². The van der Waals surface area contributed by atoms with Crippen LogP contribution < -0.4 is 0 Å². The number of carboxylic acids is 1. The smallest absolute Gasteiger partial charge is 0.303 e. The SMILES string of the molecule is CCCCCC/C=C\C=C\CCCCCCCCC(=O)O. The molecule has 0 fully saturated rings. The number of aliphatic carboxylic acids is 1. The zero-order valence-corrected chi connectivity index (χ0v) is 13.9. The molecule has 0 spiro atoms. The minimum Gasteiger partial charge on any atom is -0.481 e. The fraction of sp³-hybridized carbons (Fsp3) is 0.737. The van der Waals surface area contributed by atoms with Gasteiger partial charge in [0.15, 0.2) is 0 Å². The molecule has 0 heterocycles. The lowest BCUT2D eigenvalue weighted by Crippen LogP contribution is -1.93. The van der Waals surface area contributed by atoms with E-state index in [1.165, 1.54) is 57.8 Å². The first-order valence-corrected chi connectivity index (χ1v) is 8.80. The zero-order chi connectivity index (χ0) is 15.6. The lowest BCUT2D eigenvalue weighted by atomic mass is 10.1. The van der Waals surface area contributed by atoms with Gasteiger partial charge in [0.25, 0.3) is 0 Å². The van der Waals surface area contributed by atoms with E-state index in [9.17, 15) is 4.79 Å². The van der Waals surface area contributed by atoms with Gasteiger partial charge in [-0.1, -0.05) is 76.2 Å². The van der Waals surface area contributed by atoms with Crippen molar-refractivity contribution in [2.75, 3.05) is 0 Å². The molecule has 0 saturated heterocycles. The molecule has 0 atom stereocenters. The summed E-state index contributed by atoms with van der Waals surface area (Å²) in [6.07, 6.45) is 23.7. The highest BCUT2D eigenvalue weighted by atomic mass is 16.4. The number of unbranched alkanes of at least 4 members (excludes halogenated alkanes) is 10. The molecular formula is C19H34O2. The first-order valence-electron chi connectivity index (χ1n) is 8.80. The first-order chi connectivity index (χ1) is 10.3. The van der Waals surface area contributed by atoms with E-state index >= 15 is 0 Å². The second-order valence-corrected chi connectivity index (χ2v) is 5.76. The van der Waals surface area contributed by atoms with Crippen LogP contribution in [0, 0.1) is 0 Å². The van der Waals surface area contributed by atoms with Gasteiger partial charge in [0.2, 0.25) is 0 Å². The Balaban J connectivity index is 3.18. The highest BCUT2D eigenvalue weighted by Gasteiger charge is 1.95. The van der Waals surface area contributed by atoms with Gasteiger partial charge in [-0.2, -0.15) is 0 Å². The summed E-state index contributed by atoms with van der Waals surface area (Å²) < 4.78 is 0. The molecule has 0 aromatic rings. The molecule has 2 nitrogen and oxygen atoms in total. The molecule has 0 bridgehead atoms. The van der Waals surface area contributed by atoms with Crippen LogP contribution in [0.1, 0.15) is 90.4 Å². The van der Waals surface area contributed by atoms with Gasteiger partial charge >= 0.3 is 5.97 Å². The molecule has 21 heavy (non-hydrogen) atoms. The standard InChI is InChI=1S/C19H34O2/c1-2-3-4-5-6-7-8-9-10-11-12-13-14-15-16-17-18-19(20)21/h7-10H,2-6,11-18H2,1H3,(H,20,21)/b8-7-,10-9+. The Labute approximate surface area is 131 Å². The molecule has 0 amide bonds. The lowest BCUT2D eigenvalue weighted by molar-refractivity contribution is -0.137. The Morgan fingerprint density at radius 1 is 0.762 bits per heavy atom. The van der Waals surface area contributed by atoms with E-state index in [1.54, 1.807) is 0 Å². The molecule has 0 aliphatic carbocycles. The van der Waals surface area contributed by atoms with E-state index in [2.05, 4.69) is 31.2 Å². The lowest BCUT2D eigenvalue weighted by Gasteiger charge is -1.99. The van der Waals surface area contributed by atoms with Gasteiger partial charge in [0.1, 0.15) is 0 Å². The van der Waals surface area contributed by atoms with Gasteiger partial charge in [-0.25, -0.2) is 0 Å². The Morgan fingerprint density at radius 3 is 1.76 bits per heavy atom. The number of carbonyl (C=O) groups is 1. The molecular weight excluding hydrogens is 260 g/mol. The van der Waals surface area contributed by atoms with Crippen molar-refractivity contribution in [3.8, 4) is 0 Å². The Kier molecular flexibility index (Phi) is 16.2. The molecule has 0 aliphatic heterocycles. The molecule has 0 saturated carbocycles. The quantitative estimate of drug-likeness (QED) is 0.285. The van der Waals surface area contributed by atoms with E-state index in [1.807, 2.05) is 0 Å². The molecule has 0 radical (unpaired) electrons. The maximum Gasteiger partial charge on any atom is 0.303 e. The van der Waals surface area contributed by atoms with Crippen molar-refractivity contribution < 1.29 is 9.90 Å². The second kappa shape index (κ2) is 17.0. The van der Waals surface area contributed by atoms with Crippen molar-refractivity contribution in [2.45, 2.75) is 90.4 Å². The van der Waals surface area contributed by atoms with Crippen LogP contribution in [0.25, 0.3) is 0 Å². The zero-order valence-electron chi connectivity index (χ0n) is 13.9. The van der Waals surface area contributed by atoms with Crippen LogP contribution in [0.3, 0.4) is 0 Å². The number of carboxylic acid groups (broad SMARTS) is 1. The fourth-order valence-corrected chi connectivity index (χ4v) is 2.28. The van der Waals surface area contributed by atoms with Crippen LogP contribution in [0.4, 0.5) is 0 Å². The van der Waals surface area contributed by atoms with E-state index in [-0.39, 0.29) is 0 Å². The minimum atomic E-state index is -0.668. The average molecular weight is 294 g/mol. The molecule has 0 unspecified atom stereocenters. The highest BCUT2D eigenvalue weighted by Crippen LogP contribution is 2.09. The summed E-state index contributed by atoms with van der Waals surface area (Å²) in [5, 5.41) is 8.52. The van der Waals surface area contributed by atoms with Crippen LogP contribution in [-0.4, -0.2) is 11.1 Å². The normalized spacial score (nSPS) is 11.7. The fourth-order valence-electron chi connectivity index (χ4n) is 2.28. The van der Waals surface area contributed by atoms with Crippen molar-refractivity contribution in [1.29, 1.82) is 0 Å². The summed E-state index contributed by atoms with van der Waals surface area (Å²) >= 11 is 0. The van der Waals surface area contributed by atoms with Crippen LogP contribution in [-0.2, 0) is 4.79 Å². The Morgan fingerprint density at radius 2 is 1.24 bits per heavy atom. The van der Waals surface area contributed by atoms with Gasteiger partial charge in [0.05, 0.1) is 0 Å². The minimum absolute atomic E-state index is 0.327. The van der Waals surface area contributed by atoms with E-state index in [0.29, 0.717) is 6.42 Å². The topological polar surface area (TPSA) is 37.3 Å². The number of hydrogen-bond acceptors (Lipinski definition) is 1. The van der Waals surface area contributed by atoms with Crippen molar-refractivity contribution in [3.63, 3.8) is 0 Å². The maximum absolute atomic E-state index is 10.3. The van der Waals surface area contributed by atoms with Gasteiger partial charge in [-0.3, -0.25) is 4.79 Å². The van der Waals surface area contributed by atoms with Crippen LogP contribution in [0.5, 0.6) is 0 Å². The predicted octanol–water partition coefficient (Wildman–Crippen LogP) is 6.27. The molecule has 0 aromatic heterocycles. The van der Waals surface area contributed by atoms with Crippen LogP contribution >= 0.6 is 0 Å². The molecule has 0 aromatic carbocycles. The Hall–Kier alpha value is -1.05. The molecule has 122 valence electrons. The molecule has 2 heteroatoms. The van der Waals surface area contributed by atoms with Crippen molar-refractivity contribution in [2.24, 2.45) is 0 Å². The monoisotopic (exact) mass is 294 g/mol. The second-order valence-electron chi connectivity index (χ2n) is 5.76. The Bertz CT molecular complexity index is 279. The third kappa shape index (κ3) is 18.9. The van der Waals surface area contributed by atoms with Crippen LogP contribution in [0.2, 0.25) is 0 Å². The summed E-state index contributed by atoms with van der Waals surface area (Å²) in [5.74, 6) is -0.668. The van der Waals surface area contributed by atoms with Gasteiger partial charge in [0, 0.05) is 6.42 Å². The maximum atomic E-state index is 10.3. The third-order valence-electron chi connectivity index (χ3n) is 3.62. The van der Waals surface area contributed by atoms with Gasteiger partial charge < -0.3 is 5.11 Å². The highest BCUT2D eigenvalue weighted by molar-refractivity contribution is 5.66. The summed E-state index contributed by atoms with van der Waals surface area (Å²) in [6.45, 7) is 2.24. The van der Waals surface area contributed by atoms with Crippen molar-refractivity contribution in [1.82, 2.24) is 0 Å². The molecule has 0 rings (SSSR count). The number of hydrogen-bond donors (Lipinski definition) is 1. The van der Waals surface area contributed by atoms with E-state index < -0.39 is 5.97 Å². The number of rotatable bonds is 15. The first kappa shape index (κ1) is 19.9. The van der Waals surface area contributed by atoms with Crippen molar-refractivity contribution in [3.05, 3.63) is 24.3 Å². The van der Waals surface area contributed by atoms with E-state index in [4.69, 9.17) is 5.11 Å².